The zero-order chi connectivity index (χ0) is 26.5. The van der Waals surface area contributed by atoms with Gasteiger partial charge in [-0.05, 0) is 68.7 Å². The molecule has 0 saturated carbocycles. The Labute approximate surface area is 211 Å². The van der Waals surface area contributed by atoms with Gasteiger partial charge in [-0.25, -0.2) is 9.78 Å². The highest BCUT2D eigenvalue weighted by molar-refractivity contribution is 6.33. The zero-order valence-corrected chi connectivity index (χ0v) is 21.0. The predicted octanol–water partition coefficient (Wildman–Crippen LogP) is 6.42. The first-order chi connectivity index (χ1) is 16.9. The maximum absolute atomic E-state index is 13.2. The summed E-state index contributed by atoms with van der Waals surface area (Å²) in [6.07, 6.45) is -2.90. The number of ether oxygens (including phenoxy) is 1. The van der Waals surface area contributed by atoms with Crippen LogP contribution in [0.15, 0.2) is 47.3 Å². The molecule has 192 valence electrons. The summed E-state index contributed by atoms with van der Waals surface area (Å²) in [7, 11) is 0. The van der Waals surface area contributed by atoms with Crippen molar-refractivity contribution >= 4 is 17.4 Å². The van der Waals surface area contributed by atoms with Crippen LogP contribution in [0.1, 0.15) is 45.6 Å². The van der Waals surface area contributed by atoms with E-state index in [0.717, 1.165) is 26.7 Å². The highest BCUT2D eigenvalue weighted by atomic mass is 35.5. The monoisotopic (exact) mass is 521 g/mol. The number of benzene rings is 2. The summed E-state index contributed by atoms with van der Waals surface area (Å²) >= 11 is 6.34. The van der Waals surface area contributed by atoms with Gasteiger partial charge in [0.05, 0.1) is 11.6 Å². The Morgan fingerprint density at radius 2 is 1.78 bits per heavy atom. The minimum absolute atomic E-state index is 0.0736. The number of alkyl halides is 3. The molecule has 0 aliphatic heterocycles. The lowest BCUT2D eigenvalue weighted by Crippen LogP contribution is -2.39. The molecule has 0 aliphatic carbocycles. The Morgan fingerprint density at radius 3 is 2.42 bits per heavy atom. The number of hydrogen-bond donors (Lipinski definition) is 1. The van der Waals surface area contributed by atoms with E-state index in [-0.39, 0.29) is 29.5 Å². The summed E-state index contributed by atoms with van der Waals surface area (Å²) in [5.74, 6) is 0.113. The molecule has 0 fully saturated rings. The van der Waals surface area contributed by atoms with Crippen molar-refractivity contribution in [2.45, 2.75) is 52.6 Å². The van der Waals surface area contributed by atoms with Crippen LogP contribution in [0.4, 0.5) is 13.2 Å². The van der Waals surface area contributed by atoms with Crippen molar-refractivity contribution in [3.8, 4) is 28.5 Å². The number of nitrogens with one attached hydrogen (secondary N) is 1. The van der Waals surface area contributed by atoms with Crippen LogP contribution in [0.25, 0.3) is 22.8 Å². The summed E-state index contributed by atoms with van der Waals surface area (Å²) in [6.45, 7) is 4.43. The number of hydrogen-bond acceptors (Lipinski definition) is 5. The van der Waals surface area contributed by atoms with E-state index in [1.807, 2.05) is 0 Å². The average Bonchev–Trinajstić information content (AvgIpc) is 2.82. The number of nitrogens with zero attached hydrogens (tertiary/aromatic N) is 2. The molecule has 0 spiro atoms. The fourth-order valence-corrected chi connectivity index (χ4v) is 3.52. The lowest BCUT2D eigenvalue weighted by atomic mass is 9.84. The second-order valence-electron chi connectivity index (χ2n) is 8.91. The van der Waals surface area contributed by atoms with Crippen molar-refractivity contribution in [2.24, 2.45) is 5.41 Å². The number of aromatic nitrogens is 3. The van der Waals surface area contributed by atoms with E-state index in [4.69, 9.17) is 16.3 Å². The lowest BCUT2D eigenvalue weighted by Gasteiger charge is -2.26. The van der Waals surface area contributed by atoms with Crippen molar-refractivity contribution in [3.63, 3.8) is 0 Å². The normalized spacial score (nSPS) is 12.0. The van der Waals surface area contributed by atoms with Gasteiger partial charge in [-0.2, -0.15) is 18.2 Å². The van der Waals surface area contributed by atoms with Gasteiger partial charge in [-0.15, -0.1) is 0 Å². The molecule has 0 atom stereocenters. The molecule has 6 nitrogen and oxygen atoms in total. The third kappa shape index (κ3) is 6.51. The van der Waals surface area contributed by atoms with E-state index in [0.29, 0.717) is 29.0 Å². The smallest absolute Gasteiger partial charge is 0.400 e. The molecular formula is C26H27ClF3N3O3. The van der Waals surface area contributed by atoms with Crippen LogP contribution in [-0.4, -0.2) is 33.5 Å². The quantitative estimate of drug-likeness (QED) is 0.311. The van der Waals surface area contributed by atoms with Crippen molar-refractivity contribution < 1.29 is 22.7 Å². The van der Waals surface area contributed by atoms with Crippen LogP contribution in [0, 0.1) is 5.41 Å². The Balaban J connectivity index is 1.84. The zero-order valence-electron chi connectivity index (χ0n) is 20.2. The number of aryl methyl sites for hydroxylation is 1. The topological polar surface area (TPSA) is 84.9 Å². The maximum atomic E-state index is 13.2. The Kier molecular flexibility index (Phi) is 8.55. The largest absolute Gasteiger partial charge is 0.494 e. The number of carbonyl (C=O) groups excluding carboxylic acids is 1. The second kappa shape index (κ2) is 11.2. The highest BCUT2D eigenvalue weighted by Crippen LogP contribution is 2.39. The molecular weight excluding hydrogens is 495 g/mol. The van der Waals surface area contributed by atoms with Gasteiger partial charge in [-0.1, -0.05) is 31.0 Å². The molecule has 2 aromatic carbocycles. The molecule has 1 heterocycles. The summed E-state index contributed by atoms with van der Waals surface area (Å²) in [5, 5.41) is 0.278. The molecule has 1 N–H and O–H groups in total. The van der Waals surface area contributed by atoms with Gasteiger partial charge in [-0.3, -0.25) is 9.78 Å². The van der Waals surface area contributed by atoms with Crippen molar-refractivity contribution in [3.05, 3.63) is 63.5 Å². The van der Waals surface area contributed by atoms with Gasteiger partial charge in [0.1, 0.15) is 22.8 Å². The van der Waals surface area contributed by atoms with Crippen LogP contribution in [0.2, 0.25) is 5.02 Å². The number of unbranched alkanes of at least 4 members (excludes halogenated alkanes) is 1. The predicted molar refractivity (Wildman–Crippen MR) is 132 cm³/mol. The fraction of sp³-hybridized carbons (Fsp3) is 0.385. The van der Waals surface area contributed by atoms with E-state index < -0.39 is 23.1 Å². The third-order valence-electron chi connectivity index (χ3n) is 5.86. The summed E-state index contributed by atoms with van der Waals surface area (Å²) in [5.41, 5.74) is -1.53. The number of carbonyl (C=O) groups is 1. The molecule has 1 aromatic heterocycles. The minimum atomic E-state index is -4.63. The van der Waals surface area contributed by atoms with Gasteiger partial charge in [0.15, 0.2) is 5.82 Å². The summed E-state index contributed by atoms with van der Waals surface area (Å²) in [6, 6.07) is 11.8. The summed E-state index contributed by atoms with van der Waals surface area (Å²) < 4.78 is 45.1. The number of H-pyrrole nitrogens is 1. The first-order valence-corrected chi connectivity index (χ1v) is 11.9. The van der Waals surface area contributed by atoms with E-state index >= 15 is 0 Å². The molecule has 0 radical (unpaired) electrons. The number of rotatable bonds is 10. The van der Waals surface area contributed by atoms with Gasteiger partial charge in [0.25, 0.3) is 0 Å². The third-order valence-corrected chi connectivity index (χ3v) is 6.19. The van der Waals surface area contributed by atoms with Gasteiger partial charge >= 0.3 is 11.9 Å². The number of halogens is 4. The average molecular weight is 522 g/mol. The molecule has 10 heteroatoms. The molecule has 0 saturated heterocycles. The molecule has 3 rings (SSSR count). The van der Waals surface area contributed by atoms with Crippen LogP contribution in [0.3, 0.4) is 0 Å². The Morgan fingerprint density at radius 1 is 1.08 bits per heavy atom. The molecule has 3 aromatic rings. The van der Waals surface area contributed by atoms with Gasteiger partial charge in [0.2, 0.25) is 0 Å². The Bertz CT molecular complexity index is 1270. The standard InChI is InChI=1S/C26H27ClF3N3O3/c1-4-5-14-36-18-10-8-17(9-11-18)22-31-23(33-24(35)32-22)19-15-16(6-12-20(19)27)7-13-21(34)25(2,3)26(28,29)30/h6,8-12,15H,4-5,7,13-14H2,1-3H3,(H,31,32,33,35). The van der Waals surface area contributed by atoms with Gasteiger partial charge in [0, 0.05) is 17.5 Å². The van der Waals surface area contributed by atoms with E-state index in [1.165, 1.54) is 0 Å². The van der Waals surface area contributed by atoms with E-state index in [9.17, 15) is 22.8 Å². The van der Waals surface area contributed by atoms with Crippen LogP contribution < -0.4 is 10.4 Å². The first-order valence-electron chi connectivity index (χ1n) is 11.5. The first kappa shape index (κ1) is 27.4. The molecule has 36 heavy (non-hydrogen) atoms. The molecule has 0 unspecified atom stereocenters. The van der Waals surface area contributed by atoms with Crippen molar-refractivity contribution in [2.75, 3.05) is 6.61 Å². The Hall–Kier alpha value is -3.20. The second-order valence-corrected chi connectivity index (χ2v) is 9.32. The maximum Gasteiger partial charge on any atom is 0.400 e. The molecule has 0 aliphatic rings. The van der Waals surface area contributed by atoms with Crippen LogP contribution >= 0.6 is 11.6 Å². The minimum Gasteiger partial charge on any atom is -0.494 e. The molecule has 0 amide bonds. The number of ketones is 1. The van der Waals surface area contributed by atoms with E-state index in [1.54, 1.807) is 42.5 Å². The number of aromatic amines is 1. The van der Waals surface area contributed by atoms with E-state index in [2.05, 4.69) is 21.9 Å². The van der Waals surface area contributed by atoms with Crippen molar-refractivity contribution in [1.29, 1.82) is 0 Å². The van der Waals surface area contributed by atoms with Crippen LogP contribution in [0.5, 0.6) is 5.75 Å². The van der Waals surface area contributed by atoms with Crippen LogP contribution in [-0.2, 0) is 11.2 Å². The fourth-order valence-electron chi connectivity index (χ4n) is 3.31. The van der Waals surface area contributed by atoms with Crippen molar-refractivity contribution in [1.82, 2.24) is 15.0 Å². The molecule has 0 bridgehead atoms. The number of Topliss-reactive ketones (excluding diaryl/α,β-unsaturated/α-hetero) is 1. The SMILES string of the molecule is CCCCOc1ccc(-c2nc(-c3cc(CCC(=O)C(C)(C)C(F)(F)F)ccc3Cl)[nH]c(=O)n2)cc1. The summed E-state index contributed by atoms with van der Waals surface area (Å²) in [4.78, 5) is 35.4. The van der Waals surface area contributed by atoms with Gasteiger partial charge < -0.3 is 4.74 Å². The highest BCUT2D eigenvalue weighted by Gasteiger charge is 2.51. The lowest BCUT2D eigenvalue weighted by molar-refractivity contribution is -0.210.